The topological polar surface area (TPSA) is 15.7 Å². The summed E-state index contributed by atoms with van der Waals surface area (Å²) in [6, 6.07) is 0. The second kappa shape index (κ2) is 7.05. The largest absolute Gasteiger partial charge is 0.376 e. The first-order valence-electron chi connectivity index (χ1n) is 7.74. The van der Waals surface area contributed by atoms with E-state index in [1.165, 1.54) is 39.3 Å². The number of piperazine rings is 1. The summed E-state index contributed by atoms with van der Waals surface area (Å²) in [5.74, 6) is 0. The zero-order valence-electron chi connectivity index (χ0n) is 14.0. The molecule has 3 heteroatoms. The standard InChI is InChI=1S/C16H34N2O/c1-15(2,3)14-18-11-9-17(10-12-18)8-7-13-19-16(4,5)6/h7-14H2,1-6H3. The quantitative estimate of drug-likeness (QED) is 0.715. The van der Waals surface area contributed by atoms with Crippen LogP contribution in [0.2, 0.25) is 0 Å². The monoisotopic (exact) mass is 270 g/mol. The first-order valence-corrected chi connectivity index (χ1v) is 7.74. The summed E-state index contributed by atoms with van der Waals surface area (Å²) in [6.07, 6.45) is 1.15. The predicted molar refractivity (Wildman–Crippen MR) is 82.7 cm³/mol. The maximum absolute atomic E-state index is 5.77. The normalized spacial score (nSPS) is 19.9. The van der Waals surface area contributed by atoms with E-state index in [1.54, 1.807) is 0 Å². The molecular formula is C16H34N2O. The molecule has 1 rings (SSSR count). The van der Waals surface area contributed by atoms with E-state index in [0.717, 1.165) is 13.0 Å². The number of hydrogen-bond donors (Lipinski definition) is 0. The van der Waals surface area contributed by atoms with Gasteiger partial charge in [0.15, 0.2) is 0 Å². The van der Waals surface area contributed by atoms with Gasteiger partial charge in [-0.05, 0) is 32.6 Å². The third kappa shape index (κ3) is 8.61. The zero-order valence-corrected chi connectivity index (χ0v) is 14.0. The third-order valence-corrected chi connectivity index (χ3v) is 3.32. The third-order valence-electron chi connectivity index (χ3n) is 3.32. The number of ether oxygens (including phenoxy) is 1. The number of nitrogens with zero attached hydrogens (tertiary/aromatic N) is 2. The fourth-order valence-electron chi connectivity index (χ4n) is 2.51. The Bertz CT molecular complexity index is 242. The van der Waals surface area contributed by atoms with Crippen molar-refractivity contribution in [1.29, 1.82) is 0 Å². The van der Waals surface area contributed by atoms with Crippen LogP contribution in [-0.2, 0) is 4.74 Å². The molecule has 0 radical (unpaired) electrons. The molecule has 0 aromatic rings. The lowest BCUT2D eigenvalue weighted by Crippen LogP contribution is -2.48. The van der Waals surface area contributed by atoms with E-state index in [0.29, 0.717) is 5.41 Å². The molecule has 1 aliphatic heterocycles. The van der Waals surface area contributed by atoms with Gasteiger partial charge in [0.1, 0.15) is 0 Å². The second-order valence-electron chi connectivity index (χ2n) is 7.99. The van der Waals surface area contributed by atoms with Gasteiger partial charge < -0.3 is 14.5 Å². The molecule has 1 fully saturated rings. The van der Waals surface area contributed by atoms with Crippen LogP contribution in [0.25, 0.3) is 0 Å². The summed E-state index contributed by atoms with van der Waals surface area (Å²) >= 11 is 0. The van der Waals surface area contributed by atoms with E-state index < -0.39 is 0 Å². The van der Waals surface area contributed by atoms with Gasteiger partial charge in [-0.25, -0.2) is 0 Å². The summed E-state index contributed by atoms with van der Waals surface area (Å²) in [7, 11) is 0. The minimum atomic E-state index is 0.00536. The minimum absolute atomic E-state index is 0.00536. The first kappa shape index (κ1) is 16.9. The predicted octanol–water partition coefficient (Wildman–Crippen LogP) is 2.86. The van der Waals surface area contributed by atoms with Crippen molar-refractivity contribution in [2.24, 2.45) is 5.41 Å². The van der Waals surface area contributed by atoms with Crippen LogP contribution in [0, 0.1) is 5.41 Å². The molecule has 0 aromatic heterocycles. The Morgan fingerprint density at radius 3 is 1.84 bits per heavy atom. The summed E-state index contributed by atoms with van der Waals surface area (Å²) in [6.45, 7) is 21.5. The highest BCUT2D eigenvalue weighted by Crippen LogP contribution is 2.16. The summed E-state index contributed by atoms with van der Waals surface area (Å²) < 4.78 is 5.77. The molecule has 0 saturated carbocycles. The van der Waals surface area contributed by atoms with Gasteiger partial charge in [-0.1, -0.05) is 20.8 Å². The molecular weight excluding hydrogens is 236 g/mol. The number of hydrogen-bond acceptors (Lipinski definition) is 3. The Labute approximate surface area is 120 Å². The smallest absolute Gasteiger partial charge is 0.0598 e. The van der Waals surface area contributed by atoms with E-state index in [9.17, 15) is 0 Å². The molecule has 0 atom stereocenters. The summed E-state index contributed by atoms with van der Waals surface area (Å²) in [5.41, 5.74) is 0.425. The molecule has 0 unspecified atom stereocenters. The van der Waals surface area contributed by atoms with Crippen LogP contribution in [0.5, 0.6) is 0 Å². The highest BCUT2D eigenvalue weighted by Gasteiger charge is 2.21. The van der Waals surface area contributed by atoms with Crippen LogP contribution in [-0.4, -0.2) is 61.3 Å². The molecule has 0 spiro atoms. The maximum atomic E-state index is 5.77. The van der Waals surface area contributed by atoms with Gasteiger partial charge >= 0.3 is 0 Å². The molecule has 0 bridgehead atoms. The fraction of sp³-hybridized carbons (Fsp3) is 1.00. The van der Waals surface area contributed by atoms with E-state index in [4.69, 9.17) is 4.74 Å². The highest BCUT2D eigenvalue weighted by molar-refractivity contribution is 4.76. The first-order chi connectivity index (χ1) is 8.66. The SMILES string of the molecule is CC(C)(C)CN1CCN(CCCOC(C)(C)C)CC1. The van der Waals surface area contributed by atoms with Crippen LogP contribution in [0.1, 0.15) is 48.0 Å². The van der Waals surface area contributed by atoms with Gasteiger partial charge in [-0.15, -0.1) is 0 Å². The van der Waals surface area contributed by atoms with Crippen LogP contribution in [0.15, 0.2) is 0 Å². The Hall–Kier alpha value is -0.120. The van der Waals surface area contributed by atoms with Crippen molar-refractivity contribution in [3.8, 4) is 0 Å². The molecule has 1 heterocycles. The van der Waals surface area contributed by atoms with E-state index >= 15 is 0 Å². The van der Waals surface area contributed by atoms with Crippen molar-refractivity contribution in [2.75, 3.05) is 45.9 Å². The van der Waals surface area contributed by atoms with Crippen LogP contribution in [0.4, 0.5) is 0 Å². The van der Waals surface area contributed by atoms with Gasteiger partial charge in [0, 0.05) is 45.9 Å². The Morgan fingerprint density at radius 1 is 0.842 bits per heavy atom. The van der Waals surface area contributed by atoms with Crippen LogP contribution >= 0.6 is 0 Å². The van der Waals surface area contributed by atoms with Crippen molar-refractivity contribution in [3.63, 3.8) is 0 Å². The summed E-state index contributed by atoms with van der Waals surface area (Å²) in [4.78, 5) is 5.17. The lowest BCUT2D eigenvalue weighted by Gasteiger charge is -2.37. The second-order valence-corrected chi connectivity index (χ2v) is 7.99. The van der Waals surface area contributed by atoms with Gasteiger partial charge in [0.05, 0.1) is 5.60 Å². The zero-order chi connectivity index (χ0) is 14.5. The van der Waals surface area contributed by atoms with Crippen molar-refractivity contribution >= 4 is 0 Å². The fourth-order valence-corrected chi connectivity index (χ4v) is 2.51. The van der Waals surface area contributed by atoms with Crippen LogP contribution < -0.4 is 0 Å². The van der Waals surface area contributed by atoms with Gasteiger partial charge in [0.25, 0.3) is 0 Å². The van der Waals surface area contributed by atoms with E-state index in [2.05, 4.69) is 51.3 Å². The molecule has 0 amide bonds. The molecule has 0 aliphatic carbocycles. The van der Waals surface area contributed by atoms with Crippen molar-refractivity contribution in [1.82, 2.24) is 9.80 Å². The van der Waals surface area contributed by atoms with Gasteiger partial charge in [0.2, 0.25) is 0 Å². The van der Waals surface area contributed by atoms with Crippen molar-refractivity contribution < 1.29 is 4.74 Å². The van der Waals surface area contributed by atoms with Crippen molar-refractivity contribution in [2.45, 2.75) is 53.6 Å². The number of rotatable bonds is 5. The molecule has 3 nitrogen and oxygen atoms in total. The lowest BCUT2D eigenvalue weighted by molar-refractivity contribution is -0.00867. The Balaban J connectivity index is 2.10. The van der Waals surface area contributed by atoms with Gasteiger partial charge in [-0.3, -0.25) is 0 Å². The molecule has 0 N–H and O–H groups in total. The molecule has 1 saturated heterocycles. The lowest BCUT2D eigenvalue weighted by atomic mass is 9.96. The van der Waals surface area contributed by atoms with Crippen LogP contribution in [0.3, 0.4) is 0 Å². The molecule has 1 aliphatic rings. The molecule has 114 valence electrons. The highest BCUT2D eigenvalue weighted by atomic mass is 16.5. The van der Waals surface area contributed by atoms with E-state index in [1.807, 2.05) is 0 Å². The Kier molecular flexibility index (Phi) is 6.28. The molecule has 0 aromatic carbocycles. The average Bonchev–Trinajstić information content (AvgIpc) is 2.23. The van der Waals surface area contributed by atoms with E-state index in [-0.39, 0.29) is 5.60 Å². The van der Waals surface area contributed by atoms with Gasteiger partial charge in [-0.2, -0.15) is 0 Å². The minimum Gasteiger partial charge on any atom is -0.376 e. The Morgan fingerprint density at radius 2 is 1.37 bits per heavy atom. The molecule has 19 heavy (non-hydrogen) atoms. The van der Waals surface area contributed by atoms with Crippen molar-refractivity contribution in [3.05, 3.63) is 0 Å². The maximum Gasteiger partial charge on any atom is 0.0598 e. The average molecular weight is 270 g/mol. The summed E-state index contributed by atoms with van der Waals surface area (Å²) in [5, 5.41) is 0.